The van der Waals surface area contributed by atoms with Crippen molar-refractivity contribution in [2.24, 2.45) is 0 Å². The van der Waals surface area contributed by atoms with E-state index in [-0.39, 0.29) is 0 Å². The second-order valence-corrected chi connectivity index (χ2v) is 3.85. The predicted octanol–water partition coefficient (Wildman–Crippen LogP) is 1.25. The molecule has 0 amide bonds. The Labute approximate surface area is 89.0 Å². The molecular weight excluding hydrogens is 204 g/mol. The zero-order valence-corrected chi connectivity index (χ0v) is 9.51. The number of ether oxygens (including phenoxy) is 2. The second-order valence-electron chi connectivity index (χ2n) is 2.70. The van der Waals surface area contributed by atoms with E-state index in [0.717, 1.165) is 18.8 Å². The van der Waals surface area contributed by atoms with Gasteiger partial charge in [-0.15, -0.1) is 0 Å². The van der Waals surface area contributed by atoms with Crippen LogP contribution in [0.1, 0.15) is 13.3 Å². The SMILES string of the molecule is CCOC(CSCCCOC)C(=O)O. The smallest absolute Gasteiger partial charge is 0.333 e. The Morgan fingerprint density at radius 2 is 2.29 bits per heavy atom. The molecule has 0 fully saturated rings. The second kappa shape index (κ2) is 9.30. The monoisotopic (exact) mass is 222 g/mol. The molecule has 0 aliphatic carbocycles. The Morgan fingerprint density at radius 3 is 2.79 bits per heavy atom. The molecule has 5 heteroatoms. The maximum atomic E-state index is 10.6. The van der Waals surface area contributed by atoms with Crippen LogP contribution in [0, 0.1) is 0 Å². The number of rotatable bonds is 9. The van der Waals surface area contributed by atoms with Gasteiger partial charge < -0.3 is 14.6 Å². The van der Waals surface area contributed by atoms with Gasteiger partial charge in [0.25, 0.3) is 0 Å². The fraction of sp³-hybridized carbons (Fsp3) is 0.889. The van der Waals surface area contributed by atoms with Crippen molar-refractivity contribution in [3.8, 4) is 0 Å². The zero-order chi connectivity index (χ0) is 10.8. The molecule has 0 spiro atoms. The maximum Gasteiger partial charge on any atom is 0.333 e. The molecule has 0 aliphatic heterocycles. The quantitative estimate of drug-likeness (QED) is 0.595. The van der Waals surface area contributed by atoms with Crippen molar-refractivity contribution >= 4 is 17.7 Å². The van der Waals surface area contributed by atoms with Crippen LogP contribution in [0.3, 0.4) is 0 Å². The van der Waals surface area contributed by atoms with Crippen LogP contribution in [-0.2, 0) is 14.3 Å². The van der Waals surface area contributed by atoms with Crippen LogP contribution < -0.4 is 0 Å². The minimum absolute atomic E-state index is 0.440. The third kappa shape index (κ3) is 7.17. The molecule has 1 N–H and O–H groups in total. The molecule has 0 radical (unpaired) electrons. The van der Waals surface area contributed by atoms with Crippen molar-refractivity contribution in [1.82, 2.24) is 0 Å². The Bertz CT molecular complexity index is 152. The van der Waals surface area contributed by atoms with Crippen LogP contribution >= 0.6 is 11.8 Å². The summed E-state index contributed by atoms with van der Waals surface area (Å²) in [5.74, 6) is 0.531. The molecular formula is C9H18O4S. The number of aliphatic carboxylic acids is 1. The number of carbonyl (C=O) groups is 1. The van der Waals surface area contributed by atoms with Gasteiger partial charge in [-0.2, -0.15) is 11.8 Å². The lowest BCUT2D eigenvalue weighted by Crippen LogP contribution is -2.26. The third-order valence-electron chi connectivity index (χ3n) is 1.55. The van der Waals surface area contributed by atoms with E-state index in [1.807, 2.05) is 0 Å². The highest BCUT2D eigenvalue weighted by atomic mass is 32.2. The van der Waals surface area contributed by atoms with Gasteiger partial charge in [0.15, 0.2) is 6.10 Å². The van der Waals surface area contributed by atoms with Crippen LogP contribution in [0.4, 0.5) is 0 Å². The van der Waals surface area contributed by atoms with Crippen LogP contribution in [0.25, 0.3) is 0 Å². The Hall–Kier alpha value is -0.260. The van der Waals surface area contributed by atoms with Gasteiger partial charge in [-0.05, 0) is 19.1 Å². The Kier molecular flexibility index (Phi) is 9.13. The van der Waals surface area contributed by atoms with E-state index in [9.17, 15) is 4.79 Å². The van der Waals surface area contributed by atoms with Gasteiger partial charge in [0.1, 0.15) is 0 Å². The highest BCUT2D eigenvalue weighted by Gasteiger charge is 2.16. The molecule has 0 bridgehead atoms. The summed E-state index contributed by atoms with van der Waals surface area (Å²) in [7, 11) is 1.66. The largest absolute Gasteiger partial charge is 0.479 e. The summed E-state index contributed by atoms with van der Waals surface area (Å²) in [5.41, 5.74) is 0. The predicted molar refractivity (Wildman–Crippen MR) is 56.9 cm³/mol. The van der Waals surface area contributed by atoms with Gasteiger partial charge in [0.2, 0.25) is 0 Å². The lowest BCUT2D eigenvalue weighted by molar-refractivity contribution is -0.148. The van der Waals surface area contributed by atoms with Crippen LogP contribution in [0.5, 0.6) is 0 Å². The minimum Gasteiger partial charge on any atom is -0.479 e. The van der Waals surface area contributed by atoms with Gasteiger partial charge in [-0.25, -0.2) is 4.79 Å². The first-order valence-corrected chi connectivity index (χ1v) is 5.79. The van der Waals surface area contributed by atoms with E-state index in [1.165, 1.54) is 0 Å². The molecule has 0 aromatic heterocycles. The topological polar surface area (TPSA) is 55.8 Å². The van der Waals surface area contributed by atoms with E-state index in [4.69, 9.17) is 14.6 Å². The molecule has 0 saturated carbocycles. The number of hydrogen-bond acceptors (Lipinski definition) is 4. The molecule has 14 heavy (non-hydrogen) atoms. The average molecular weight is 222 g/mol. The maximum absolute atomic E-state index is 10.6. The zero-order valence-electron chi connectivity index (χ0n) is 8.69. The van der Waals surface area contributed by atoms with Crippen molar-refractivity contribution in [3.63, 3.8) is 0 Å². The van der Waals surface area contributed by atoms with Gasteiger partial charge in [-0.3, -0.25) is 0 Å². The van der Waals surface area contributed by atoms with E-state index in [0.29, 0.717) is 12.4 Å². The standard InChI is InChI=1S/C9H18O4S/c1-3-13-8(9(10)11)7-14-6-4-5-12-2/h8H,3-7H2,1-2H3,(H,10,11). The first-order valence-electron chi connectivity index (χ1n) is 4.63. The summed E-state index contributed by atoms with van der Waals surface area (Å²) in [6.45, 7) is 2.96. The van der Waals surface area contributed by atoms with E-state index in [2.05, 4.69) is 0 Å². The van der Waals surface area contributed by atoms with Crippen molar-refractivity contribution < 1.29 is 19.4 Å². The van der Waals surface area contributed by atoms with Crippen LogP contribution in [-0.4, -0.2) is 49.0 Å². The van der Waals surface area contributed by atoms with Crippen molar-refractivity contribution in [1.29, 1.82) is 0 Å². The number of carboxylic acids is 1. The molecule has 4 nitrogen and oxygen atoms in total. The first-order chi connectivity index (χ1) is 6.72. The normalized spacial score (nSPS) is 12.7. The molecule has 0 rings (SSSR count). The van der Waals surface area contributed by atoms with Crippen molar-refractivity contribution in [3.05, 3.63) is 0 Å². The van der Waals surface area contributed by atoms with Crippen LogP contribution in [0.2, 0.25) is 0 Å². The lowest BCUT2D eigenvalue weighted by atomic mass is 10.4. The summed E-state index contributed by atoms with van der Waals surface area (Å²) in [5, 5.41) is 8.74. The third-order valence-corrected chi connectivity index (χ3v) is 2.67. The van der Waals surface area contributed by atoms with Crippen LogP contribution in [0.15, 0.2) is 0 Å². The Morgan fingerprint density at radius 1 is 1.57 bits per heavy atom. The highest BCUT2D eigenvalue weighted by molar-refractivity contribution is 7.99. The van der Waals surface area contributed by atoms with Gasteiger partial charge in [-0.1, -0.05) is 0 Å². The molecule has 84 valence electrons. The highest BCUT2D eigenvalue weighted by Crippen LogP contribution is 2.07. The summed E-state index contributed by atoms with van der Waals surface area (Å²) >= 11 is 1.58. The average Bonchev–Trinajstić information content (AvgIpc) is 2.15. The van der Waals surface area contributed by atoms with Crippen molar-refractivity contribution in [2.45, 2.75) is 19.4 Å². The summed E-state index contributed by atoms with van der Waals surface area (Å²) in [4.78, 5) is 10.6. The number of hydrogen-bond donors (Lipinski definition) is 1. The number of methoxy groups -OCH3 is 1. The fourth-order valence-corrected chi connectivity index (χ4v) is 1.83. The van der Waals surface area contributed by atoms with Gasteiger partial charge in [0, 0.05) is 26.1 Å². The van der Waals surface area contributed by atoms with E-state index >= 15 is 0 Å². The summed E-state index contributed by atoms with van der Waals surface area (Å²) < 4.78 is 9.94. The first kappa shape index (κ1) is 13.7. The summed E-state index contributed by atoms with van der Waals surface area (Å²) in [6.07, 6.45) is 0.271. The summed E-state index contributed by atoms with van der Waals surface area (Å²) in [6, 6.07) is 0. The fourth-order valence-electron chi connectivity index (χ4n) is 0.888. The molecule has 0 aromatic rings. The van der Waals surface area contributed by atoms with Gasteiger partial charge >= 0.3 is 5.97 Å². The van der Waals surface area contributed by atoms with E-state index in [1.54, 1.807) is 25.8 Å². The number of thioether (sulfide) groups is 1. The minimum atomic E-state index is -0.883. The molecule has 1 atom stereocenters. The molecule has 0 aliphatic rings. The Balaban J connectivity index is 3.46. The molecule has 1 unspecified atom stereocenters. The molecule has 0 aromatic carbocycles. The molecule has 0 saturated heterocycles. The number of carboxylic acid groups (broad SMARTS) is 1. The molecule has 0 heterocycles. The lowest BCUT2D eigenvalue weighted by Gasteiger charge is -2.11. The van der Waals surface area contributed by atoms with Crippen molar-refractivity contribution in [2.75, 3.05) is 31.8 Å². The van der Waals surface area contributed by atoms with Gasteiger partial charge in [0.05, 0.1) is 0 Å². The van der Waals surface area contributed by atoms with E-state index < -0.39 is 12.1 Å².